The molecule has 0 aliphatic carbocycles. The molecule has 8 heteroatoms. The van der Waals surface area contributed by atoms with E-state index in [1.165, 1.54) is 12.1 Å². The van der Waals surface area contributed by atoms with Crippen molar-refractivity contribution in [1.29, 1.82) is 0 Å². The molecule has 1 aromatic heterocycles. The molecular weight excluding hydrogens is 260 g/mol. The summed E-state index contributed by atoms with van der Waals surface area (Å²) in [7, 11) is 0. The minimum atomic E-state index is -0.630. The highest BCUT2D eigenvalue weighted by Crippen LogP contribution is 2.25. The highest BCUT2D eigenvalue weighted by atomic mass is 32.2. The molecule has 0 aliphatic rings. The number of aromatic nitrogens is 3. The van der Waals surface area contributed by atoms with Crippen LogP contribution in [0.2, 0.25) is 0 Å². The first kappa shape index (κ1) is 12.5. The van der Waals surface area contributed by atoms with E-state index in [1.807, 2.05) is 0 Å². The Morgan fingerprint density at radius 2 is 1.72 bits per heavy atom. The van der Waals surface area contributed by atoms with E-state index in [-0.39, 0.29) is 17.6 Å². The van der Waals surface area contributed by atoms with Crippen LogP contribution in [0.4, 0.5) is 20.7 Å². The van der Waals surface area contributed by atoms with Gasteiger partial charge in [-0.3, -0.25) is 0 Å². The van der Waals surface area contributed by atoms with Crippen LogP contribution in [0.25, 0.3) is 0 Å². The minimum Gasteiger partial charge on any atom is -0.368 e. The van der Waals surface area contributed by atoms with Crippen molar-refractivity contribution in [1.82, 2.24) is 15.0 Å². The molecule has 1 aromatic carbocycles. The first-order chi connectivity index (χ1) is 8.54. The Morgan fingerprint density at radius 1 is 1.06 bits per heavy atom. The summed E-state index contributed by atoms with van der Waals surface area (Å²) >= 11 is 1.12. The number of nitrogens with zero attached hydrogens (tertiary/aromatic N) is 3. The van der Waals surface area contributed by atoms with Crippen LogP contribution in [0.15, 0.2) is 23.1 Å². The second-order valence-electron chi connectivity index (χ2n) is 3.33. The van der Waals surface area contributed by atoms with E-state index in [2.05, 4.69) is 15.0 Å². The average molecular weight is 269 g/mol. The Balaban J connectivity index is 2.11. The van der Waals surface area contributed by atoms with Gasteiger partial charge in [0.1, 0.15) is 17.5 Å². The van der Waals surface area contributed by atoms with Gasteiger partial charge >= 0.3 is 0 Å². The number of hydrogen-bond acceptors (Lipinski definition) is 6. The van der Waals surface area contributed by atoms with Crippen molar-refractivity contribution in [3.63, 3.8) is 0 Å². The van der Waals surface area contributed by atoms with Crippen LogP contribution in [0.3, 0.4) is 0 Å². The molecule has 0 saturated carbocycles. The van der Waals surface area contributed by atoms with Gasteiger partial charge in [-0.25, -0.2) is 8.78 Å². The normalized spacial score (nSPS) is 10.6. The second kappa shape index (κ2) is 5.13. The van der Waals surface area contributed by atoms with Crippen molar-refractivity contribution in [2.75, 3.05) is 11.5 Å². The average Bonchev–Trinajstić information content (AvgIpc) is 2.26. The maximum Gasteiger partial charge on any atom is 0.225 e. The van der Waals surface area contributed by atoms with E-state index in [0.29, 0.717) is 10.7 Å². The zero-order chi connectivity index (χ0) is 13.1. The highest BCUT2D eigenvalue weighted by Gasteiger charge is 2.07. The van der Waals surface area contributed by atoms with Crippen LogP contribution in [-0.4, -0.2) is 15.0 Å². The van der Waals surface area contributed by atoms with E-state index in [0.717, 1.165) is 17.8 Å². The molecule has 0 unspecified atom stereocenters. The molecule has 1 heterocycles. The smallest absolute Gasteiger partial charge is 0.225 e. The largest absolute Gasteiger partial charge is 0.368 e. The summed E-state index contributed by atoms with van der Waals surface area (Å²) in [5.41, 5.74) is 10.8. The van der Waals surface area contributed by atoms with Crippen molar-refractivity contribution >= 4 is 23.7 Å². The maximum absolute atomic E-state index is 13.3. The van der Waals surface area contributed by atoms with Crippen molar-refractivity contribution in [3.05, 3.63) is 35.7 Å². The number of thioether (sulfide) groups is 1. The molecule has 0 spiro atoms. The number of rotatable bonds is 3. The van der Waals surface area contributed by atoms with Gasteiger partial charge < -0.3 is 11.5 Å². The molecule has 0 atom stereocenters. The molecule has 0 saturated heterocycles. The minimum absolute atomic E-state index is 0.0117. The Hall–Kier alpha value is -1.96. The number of nitrogen functional groups attached to an aromatic ring is 2. The van der Waals surface area contributed by atoms with Gasteiger partial charge in [-0.1, -0.05) is 0 Å². The zero-order valence-corrected chi connectivity index (χ0v) is 9.92. The molecular formula is C10H9F2N5S. The lowest BCUT2D eigenvalue weighted by Crippen LogP contribution is -2.06. The first-order valence-electron chi connectivity index (χ1n) is 4.88. The molecule has 0 fully saturated rings. The monoisotopic (exact) mass is 269 g/mol. The third-order valence-corrected chi connectivity index (χ3v) is 3.01. The number of anilines is 2. The van der Waals surface area contributed by atoms with Crippen LogP contribution in [-0.2, 0) is 5.75 Å². The fourth-order valence-corrected chi connectivity index (χ4v) is 2.03. The molecule has 0 radical (unpaired) electrons. The first-order valence-corrected chi connectivity index (χ1v) is 5.87. The summed E-state index contributed by atoms with van der Waals surface area (Å²) in [6, 6.07) is 3.35. The SMILES string of the molecule is Nc1nc(N)nc(CSc2ccc(F)cc2F)n1. The second-order valence-corrected chi connectivity index (χ2v) is 4.35. The van der Waals surface area contributed by atoms with Gasteiger partial charge in [0.2, 0.25) is 11.9 Å². The topological polar surface area (TPSA) is 90.7 Å². The molecule has 18 heavy (non-hydrogen) atoms. The van der Waals surface area contributed by atoms with Crippen molar-refractivity contribution in [3.8, 4) is 0 Å². The Kier molecular flexibility index (Phi) is 3.56. The number of benzene rings is 1. The fourth-order valence-electron chi connectivity index (χ4n) is 1.26. The van der Waals surface area contributed by atoms with Gasteiger partial charge in [0.25, 0.3) is 0 Å². The van der Waals surface area contributed by atoms with Gasteiger partial charge in [0.05, 0.1) is 5.75 Å². The standard InChI is InChI=1S/C10H9F2N5S/c11-5-1-2-7(6(12)3-5)18-4-8-15-9(13)17-10(14)16-8/h1-3H,4H2,(H4,13,14,15,16,17). The summed E-state index contributed by atoms with van der Waals surface area (Å²) in [5, 5.41) is 0. The molecule has 4 N–H and O–H groups in total. The van der Waals surface area contributed by atoms with Gasteiger partial charge in [0, 0.05) is 11.0 Å². The Morgan fingerprint density at radius 3 is 2.33 bits per heavy atom. The lowest BCUT2D eigenvalue weighted by molar-refractivity contribution is 0.565. The summed E-state index contributed by atoms with van der Waals surface area (Å²) < 4.78 is 26.0. The van der Waals surface area contributed by atoms with E-state index < -0.39 is 11.6 Å². The van der Waals surface area contributed by atoms with E-state index >= 15 is 0 Å². The summed E-state index contributed by atoms with van der Waals surface area (Å²) in [4.78, 5) is 11.6. The van der Waals surface area contributed by atoms with Crippen molar-refractivity contribution in [2.24, 2.45) is 0 Å². The molecule has 0 bridgehead atoms. The molecule has 5 nitrogen and oxygen atoms in total. The van der Waals surface area contributed by atoms with Crippen LogP contribution in [0.1, 0.15) is 5.82 Å². The molecule has 2 rings (SSSR count). The van der Waals surface area contributed by atoms with Crippen LogP contribution in [0.5, 0.6) is 0 Å². The number of halogens is 2. The van der Waals surface area contributed by atoms with Crippen molar-refractivity contribution in [2.45, 2.75) is 10.6 Å². The van der Waals surface area contributed by atoms with E-state index in [1.54, 1.807) is 0 Å². The summed E-state index contributed by atoms with van der Waals surface area (Å²) in [6.45, 7) is 0. The Bertz CT molecular complexity index is 558. The number of nitrogens with two attached hydrogens (primary N) is 2. The van der Waals surface area contributed by atoms with Crippen LogP contribution < -0.4 is 11.5 Å². The van der Waals surface area contributed by atoms with Crippen LogP contribution in [0, 0.1) is 11.6 Å². The third kappa shape index (κ3) is 3.04. The third-order valence-electron chi connectivity index (χ3n) is 1.97. The van der Waals surface area contributed by atoms with Gasteiger partial charge in [-0.15, -0.1) is 11.8 Å². The predicted octanol–water partition coefficient (Wildman–Crippen LogP) is 1.61. The van der Waals surface area contributed by atoms with Gasteiger partial charge in [0.15, 0.2) is 0 Å². The maximum atomic E-state index is 13.3. The van der Waals surface area contributed by atoms with E-state index in [4.69, 9.17) is 11.5 Å². The summed E-state index contributed by atoms with van der Waals surface area (Å²) in [5.74, 6) is -0.621. The molecule has 0 amide bonds. The predicted molar refractivity (Wildman–Crippen MR) is 64.6 cm³/mol. The lowest BCUT2D eigenvalue weighted by atomic mass is 10.3. The van der Waals surface area contributed by atoms with E-state index in [9.17, 15) is 8.78 Å². The lowest BCUT2D eigenvalue weighted by Gasteiger charge is -2.03. The summed E-state index contributed by atoms with van der Waals surface area (Å²) in [6.07, 6.45) is 0. The van der Waals surface area contributed by atoms with Gasteiger partial charge in [-0.2, -0.15) is 15.0 Å². The van der Waals surface area contributed by atoms with Crippen LogP contribution >= 0.6 is 11.8 Å². The van der Waals surface area contributed by atoms with Crippen molar-refractivity contribution < 1.29 is 8.78 Å². The molecule has 0 aliphatic heterocycles. The highest BCUT2D eigenvalue weighted by molar-refractivity contribution is 7.98. The number of hydrogen-bond donors (Lipinski definition) is 2. The molecule has 94 valence electrons. The zero-order valence-electron chi connectivity index (χ0n) is 9.10. The molecule has 2 aromatic rings. The van der Waals surface area contributed by atoms with Gasteiger partial charge in [-0.05, 0) is 12.1 Å². The Labute approximate surface area is 106 Å². The fraction of sp³-hybridized carbons (Fsp3) is 0.100. The quantitative estimate of drug-likeness (QED) is 0.822.